The molecule has 9 heteroatoms. The number of nitrogens with zero attached hydrogens (tertiary/aromatic N) is 1. The molecule has 2 aliphatic rings. The van der Waals surface area contributed by atoms with E-state index in [9.17, 15) is 9.59 Å². The monoisotopic (exact) mass is 509 g/mol. The summed E-state index contributed by atoms with van der Waals surface area (Å²) in [5, 5.41) is 20.4. The van der Waals surface area contributed by atoms with E-state index in [1.807, 2.05) is 0 Å². The molecule has 9 nitrogen and oxygen atoms in total. The van der Waals surface area contributed by atoms with Crippen molar-refractivity contribution in [1.29, 1.82) is 0 Å². The van der Waals surface area contributed by atoms with Gasteiger partial charge in [0.05, 0.1) is 28.4 Å². The van der Waals surface area contributed by atoms with Gasteiger partial charge >= 0.3 is 11.9 Å². The summed E-state index contributed by atoms with van der Waals surface area (Å²) in [6.07, 6.45) is 4.75. The van der Waals surface area contributed by atoms with Gasteiger partial charge in [-0.1, -0.05) is 0 Å². The molecule has 1 unspecified atom stereocenters. The second-order valence-electron chi connectivity index (χ2n) is 8.94. The third-order valence-electron chi connectivity index (χ3n) is 7.02. The highest BCUT2D eigenvalue weighted by atomic mass is 16.5. The summed E-state index contributed by atoms with van der Waals surface area (Å²) < 4.78 is 22.5. The number of hydrogen-bond acceptors (Lipinski definition) is 7. The molecular weight excluding hydrogens is 478 g/mol. The molecule has 0 aromatic heterocycles. The summed E-state index contributed by atoms with van der Waals surface area (Å²) in [7, 11) is 6.76. The second kappa shape index (κ2) is 11.0. The SMILES string of the molecule is COc1cc2c3c(c4cc(OC)c(OC)cc4c2cc1OC)CN1CCCC1C3.O=C(O)/C=C/C(=O)O. The topological polar surface area (TPSA) is 115 Å². The Morgan fingerprint density at radius 2 is 1.19 bits per heavy atom. The molecule has 1 saturated heterocycles. The van der Waals surface area contributed by atoms with Crippen molar-refractivity contribution in [2.24, 2.45) is 0 Å². The lowest BCUT2D eigenvalue weighted by Crippen LogP contribution is -2.35. The molecule has 37 heavy (non-hydrogen) atoms. The van der Waals surface area contributed by atoms with E-state index in [2.05, 4.69) is 29.2 Å². The van der Waals surface area contributed by atoms with E-state index in [1.165, 1.54) is 46.7 Å². The van der Waals surface area contributed by atoms with E-state index in [0.717, 1.165) is 41.3 Å². The number of carboxylic acids is 2. The minimum absolute atomic E-state index is 0.558. The maximum absolute atomic E-state index is 9.55. The number of methoxy groups -OCH3 is 4. The van der Waals surface area contributed by atoms with Crippen molar-refractivity contribution in [3.63, 3.8) is 0 Å². The Morgan fingerprint density at radius 1 is 0.757 bits per heavy atom. The molecule has 2 aliphatic heterocycles. The van der Waals surface area contributed by atoms with Crippen LogP contribution in [0.5, 0.6) is 23.0 Å². The number of rotatable bonds is 6. The first-order chi connectivity index (χ1) is 17.8. The van der Waals surface area contributed by atoms with Crippen molar-refractivity contribution in [3.8, 4) is 23.0 Å². The first-order valence-corrected chi connectivity index (χ1v) is 11.9. The van der Waals surface area contributed by atoms with E-state index in [-0.39, 0.29) is 0 Å². The maximum Gasteiger partial charge on any atom is 0.328 e. The molecule has 0 amide bonds. The molecule has 3 aromatic carbocycles. The van der Waals surface area contributed by atoms with Gasteiger partial charge in [0.1, 0.15) is 0 Å². The summed E-state index contributed by atoms with van der Waals surface area (Å²) >= 11 is 0. The molecule has 2 N–H and O–H groups in total. The average Bonchev–Trinajstić information content (AvgIpc) is 3.37. The molecule has 3 aromatic rings. The maximum atomic E-state index is 9.55. The van der Waals surface area contributed by atoms with Crippen LogP contribution in [-0.4, -0.2) is 68.1 Å². The molecule has 5 rings (SSSR count). The van der Waals surface area contributed by atoms with Gasteiger partial charge in [0, 0.05) is 24.7 Å². The molecule has 0 aliphatic carbocycles. The molecule has 0 bridgehead atoms. The predicted octanol–water partition coefficient (Wildman–Crippen LogP) is 4.26. The number of fused-ring (bicyclic) bond motifs is 7. The van der Waals surface area contributed by atoms with Crippen molar-refractivity contribution in [1.82, 2.24) is 4.90 Å². The predicted molar refractivity (Wildman–Crippen MR) is 139 cm³/mol. The lowest BCUT2D eigenvalue weighted by molar-refractivity contribution is -0.134. The third-order valence-corrected chi connectivity index (χ3v) is 7.02. The Labute approximate surface area is 214 Å². The molecule has 0 radical (unpaired) electrons. The molecular formula is C28H31NO8. The van der Waals surface area contributed by atoms with Gasteiger partial charge in [-0.25, -0.2) is 9.59 Å². The molecule has 1 fully saturated rings. The fourth-order valence-electron chi connectivity index (χ4n) is 5.36. The lowest BCUT2D eigenvalue weighted by atomic mass is 9.85. The minimum atomic E-state index is -1.26. The fourth-order valence-corrected chi connectivity index (χ4v) is 5.36. The number of ether oxygens (including phenoxy) is 4. The van der Waals surface area contributed by atoms with Gasteiger partial charge in [-0.05, 0) is 82.7 Å². The zero-order valence-electron chi connectivity index (χ0n) is 21.4. The minimum Gasteiger partial charge on any atom is -0.493 e. The Kier molecular flexibility index (Phi) is 7.73. The van der Waals surface area contributed by atoms with Crippen LogP contribution in [0.1, 0.15) is 24.0 Å². The summed E-state index contributed by atoms with van der Waals surface area (Å²) in [5.41, 5.74) is 2.84. The Bertz CT molecular complexity index is 1280. The quantitative estimate of drug-likeness (QED) is 0.371. The van der Waals surface area contributed by atoms with Gasteiger partial charge < -0.3 is 29.2 Å². The standard InChI is InChI=1S/C24H27NO4.C4H4O4/c1-26-21-9-16-15-8-14-6-5-7-25(14)13-20(15)19-12-24(29-4)23(28-3)11-18(19)17(16)10-22(21)27-2;5-3(6)1-2-4(7)8/h9-12,14H,5-8,13H2,1-4H3;1-2H,(H,5,6)(H,7,8)/b;2-1+. The van der Waals surface area contributed by atoms with E-state index in [0.29, 0.717) is 18.2 Å². The zero-order chi connectivity index (χ0) is 26.7. The molecule has 1 atom stereocenters. The van der Waals surface area contributed by atoms with Gasteiger partial charge in [0.15, 0.2) is 23.0 Å². The highest BCUT2D eigenvalue weighted by Crippen LogP contribution is 2.46. The van der Waals surface area contributed by atoms with E-state index in [1.54, 1.807) is 28.4 Å². The summed E-state index contributed by atoms with van der Waals surface area (Å²) in [6, 6.07) is 9.12. The average molecular weight is 510 g/mol. The van der Waals surface area contributed by atoms with Crippen molar-refractivity contribution >= 4 is 33.5 Å². The number of hydrogen-bond donors (Lipinski definition) is 2. The molecule has 2 heterocycles. The van der Waals surface area contributed by atoms with Crippen molar-refractivity contribution in [3.05, 3.63) is 47.5 Å². The van der Waals surface area contributed by atoms with Crippen LogP contribution in [0.25, 0.3) is 21.5 Å². The highest BCUT2D eigenvalue weighted by molar-refractivity contribution is 6.13. The van der Waals surface area contributed by atoms with Crippen LogP contribution in [-0.2, 0) is 22.6 Å². The summed E-state index contributed by atoms with van der Waals surface area (Å²) in [6.45, 7) is 2.17. The van der Waals surface area contributed by atoms with Gasteiger partial charge in [0.2, 0.25) is 0 Å². The Hall–Kier alpha value is -3.98. The highest BCUT2D eigenvalue weighted by Gasteiger charge is 2.33. The van der Waals surface area contributed by atoms with Crippen molar-refractivity contribution in [2.75, 3.05) is 35.0 Å². The second-order valence-corrected chi connectivity index (χ2v) is 8.94. The van der Waals surface area contributed by atoms with Crippen LogP contribution >= 0.6 is 0 Å². The smallest absolute Gasteiger partial charge is 0.328 e. The van der Waals surface area contributed by atoms with Crippen LogP contribution in [0, 0.1) is 0 Å². The molecule has 0 saturated carbocycles. The van der Waals surface area contributed by atoms with Gasteiger partial charge in [-0.15, -0.1) is 0 Å². The van der Waals surface area contributed by atoms with Gasteiger partial charge in [0.25, 0.3) is 0 Å². The number of carboxylic acid groups (broad SMARTS) is 2. The summed E-state index contributed by atoms with van der Waals surface area (Å²) in [4.78, 5) is 21.7. The number of carbonyl (C=O) groups is 2. The Balaban J connectivity index is 0.000000349. The Morgan fingerprint density at radius 3 is 1.62 bits per heavy atom. The van der Waals surface area contributed by atoms with Gasteiger partial charge in [-0.3, -0.25) is 4.90 Å². The van der Waals surface area contributed by atoms with E-state index >= 15 is 0 Å². The number of benzene rings is 3. The van der Waals surface area contributed by atoms with E-state index in [4.69, 9.17) is 29.2 Å². The normalized spacial score (nSPS) is 16.6. The van der Waals surface area contributed by atoms with Crippen LogP contribution in [0.3, 0.4) is 0 Å². The first kappa shape index (κ1) is 26.1. The third kappa shape index (κ3) is 5.13. The lowest BCUT2D eigenvalue weighted by Gasteiger charge is -2.33. The molecule has 196 valence electrons. The van der Waals surface area contributed by atoms with Crippen molar-refractivity contribution < 1.29 is 38.7 Å². The van der Waals surface area contributed by atoms with Crippen LogP contribution < -0.4 is 18.9 Å². The largest absolute Gasteiger partial charge is 0.493 e. The van der Waals surface area contributed by atoms with Crippen LogP contribution in [0.4, 0.5) is 0 Å². The zero-order valence-corrected chi connectivity index (χ0v) is 21.4. The van der Waals surface area contributed by atoms with Crippen LogP contribution in [0.15, 0.2) is 36.4 Å². The van der Waals surface area contributed by atoms with E-state index < -0.39 is 11.9 Å². The molecule has 0 spiro atoms. The summed E-state index contributed by atoms with van der Waals surface area (Å²) in [5.74, 6) is 0.515. The number of aliphatic carboxylic acids is 2. The first-order valence-electron chi connectivity index (χ1n) is 11.9. The fraction of sp³-hybridized carbons (Fsp3) is 0.357. The van der Waals surface area contributed by atoms with Gasteiger partial charge in [-0.2, -0.15) is 0 Å². The van der Waals surface area contributed by atoms with Crippen LogP contribution in [0.2, 0.25) is 0 Å². The van der Waals surface area contributed by atoms with Crippen molar-refractivity contribution in [2.45, 2.75) is 31.8 Å².